The summed E-state index contributed by atoms with van der Waals surface area (Å²) in [4.78, 5) is 25.3. The van der Waals surface area contributed by atoms with Crippen LogP contribution in [0.4, 0.5) is 8.78 Å². The van der Waals surface area contributed by atoms with Crippen molar-refractivity contribution < 1.29 is 31.5 Å². The van der Waals surface area contributed by atoms with E-state index in [9.17, 15) is 26.8 Å². The third-order valence-electron chi connectivity index (χ3n) is 4.66. The number of amides is 1. The SMILES string of the molecule is CC1CCCC(C)N1C(=O)COC(=O)CCNS(=O)(=O)c1ccc(F)c(F)c1. The lowest BCUT2D eigenvalue weighted by molar-refractivity contribution is -0.154. The van der Waals surface area contributed by atoms with Crippen LogP contribution < -0.4 is 4.72 Å². The fourth-order valence-corrected chi connectivity index (χ4v) is 4.26. The fourth-order valence-electron chi connectivity index (χ4n) is 3.22. The number of hydrogen-bond donors (Lipinski definition) is 1. The zero-order chi connectivity index (χ0) is 20.9. The molecule has 1 fully saturated rings. The van der Waals surface area contributed by atoms with Crippen molar-refractivity contribution in [3.63, 3.8) is 0 Å². The number of nitrogens with zero attached hydrogens (tertiary/aromatic N) is 1. The van der Waals surface area contributed by atoms with Crippen LogP contribution in [0.25, 0.3) is 0 Å². The first-order chi connectivity index (χ1) is 13.1. The van der Waals surface area contributed by atoms with E-state index in [0.29, 0.717) is 12.1 Å². The normalized spacial score (nSPS) is 20.1. The summed E-state index contributed by atoms with van der Waals surface area (Å²) >= 11 is 0. The van der Waals surface area contributed by atoms with E-state index in [-0.39, 0.29) is 31.0 Å². The molecule has 1 heterocycles. The molecule has 1 saturated heterocycles. The highest BCUT2D eigenvalue weighted by atomic mass is 32.2. The third kappa shape index (κ3) is 5.71. The predicted molar refractivity (Wildman–Crippen MR) is 96.7 cm³/mol. The van der Waals surface area contributed by atoms with Gasteiger partial charge in [0.1, 0.15) is 0 Å². The third-order valence-corrected chi connectivity index (χ3v) is 6.12. The Balaban J connectivity index is 1.79. The molecular formula is C18H24F2N2O5S. The number of esters is 1. The molecule has 1 aromatic carbocycles. The average Bonchev–Trinajstić information content (AvgIpc) is 2.62. The van der Waals surface area contributed by atoms with Crippen LogP contribution in [-0.2, 0) is 24.3 Å². The second-order valence-electron chi connectivity index (χ2n) is 6.81. The standard InChI is InChI=1S/C18H24F2N2O5S/c1-12-4-3-5-13(2)22(12)17(23)11-27-18(24)8-9-21-28(25,26)14-6-7-15(19)16(20)10-14/h6-7,10,12-13,21H,3-5,8-9,11H2,1-2H3. The van der Waals surface area contributed by atoms with E-state index in [1.165, 1.54) is 0 Å². The van der Waals surface area contributed by atoms with Crippen molar-refractivity contribution in [3.05, 3.63) is 29.8 Å². The van der Waals surface area contributed by atoms with Crippen LogP contribution in [0.2, 0.25) is 0 Å². The Morgan fingerprint density at radius 1 is 1.18 bits per heavy atom. The minimum Gasteiger partial charge on any atom is -0.456 e. The first-order valence-electron chi connectivity index (χ1n) is 9.03. The number of carbonyl (C=O) groups excluding carboxylic acids is 2. The molecule has 1 aromatic rings. The molecule has 2 atom stereocenters. The number of ether oxygens (including phenoxy) is 1. The predicted octanol–water partition coefficient (Wildman–Crippen LogP) is 1.97. The van der Waals surface area contributed by atoms with Crippen LogP contribution in [0.3, 0.4) is 0 Å². The molecule has 28 heavy (non-hydrogen) atoms. The van der Waals surface area contributed by atoms with E-state index in [1.807, 2.05) is 13.8 Å². The number of likely N-dealkylation sites (tertiary alicyclic amines) is 1. The highest BCUT2D eigenvalue weighted by Gasteiger charge is 2.29. The number of benzene rings is 1. The summed E-state index contributed by atoms with van der Waals surface area (Å²) in [5.74, 6) is -3.47. The summed E-state index contributed by atoms with van der Waals surface area (Å²) < 4.78 is 57.1. The van der Waals surface area contributed by atoms with E-state index in [2.05, 4.69) is 4.72 Å². The molecule has 0 saturated carbocycles. The largest absolute Gasteiger partial charge is 0.456 e. The molecule has 1 aliphatic heterocycles. The molecule has 0 radical (unpaired) electrons. The topological polar surface area (TPSA) is 92.8 Å². The summed E-state index contributed by atoms with van der Waals surface area (Å²) in [7, 11) is -4.10. The highest BCUT2D eigenvalue weighted by molar-refractivity contribution is 7.89. The number of rotatable bonds is 7. The first-order valence-corrected chi connectivity index (χ1v) is 10.5. The smallest absolute Gasteiger partial charge is 0.307 e. The number of carbonyl (C=O) groups is 2. The van der Waals surface area contributed by atoms with Gasteiger partial charge in [-0.15, -0.1) is 0 Å². The van der Waals surface area contributed by atoms with Gasteiger partial charge in [-0.25, -0.2) is 21.9 Å². The van der Waals surface area contributed by atoms with E-state index >= 15 is 0 Å². The summed E-state index contributed by atoms with van der Waals surface area (Å²) in [6, 6.07) is 2.33. The van der Waals surface area contributed by atoms with Gasteiger partial charge in [0.25, 0.3) is 5.91 Å². The second kappa shape index (κ2) is 9.42. The summed E-state index contributed by atoms with van der Waals surface area (Å²) in [6.07, 6.45) is 2.54. The maximum absolute atomic E-state index is 13.2. The van der Waals surface area contributed by atoms with Gasteiger partial charge in [0.05, 0.1) is 11.3 Å². The molecule has 0 aliphatic carbocycles. The Hall–Kier alpha value is -2.07. The lowest BCUT2D eigenvalue weighted by Crippen LogP contribution is -2.49. The van der Waals surface area contributed by atoms with Gasteiger partial charge < -0.3 is 9.64 Å². The summed E-state index contributed by atoms with van der Waals surface area (Å²) in [5, 5.41) is 0. The molecular weight excluding hydrogens is 394 g/mol. The number of sulfonamides is 1. The molecule has 1 amide bonds. The Labute approximate surface area is 163 Å². The van der Waals surface area contributed by atoms with Crippen molar-refractivity contribution in [3.8, 4) is 0 Å². The van der Waals surface area contributed by atoms with E-state index in [0.717, 1.165) is 25.3 Å². The van der Waals surface area contributed by atoms with Crippen LogP contribution in [0.5, 0.6) is 0 Å². The van der Waals surface area contributed by atoms with Gasteiger partial charge in [-0.2, -0.15) is 0 Å². The Kier molecular flexibility index (Phi) is 7.48. The van der Waals surface area contributed by atoms with E-state index in [4.69, 9.17) is 4.74 Å². The molecule has 2 rings (SSSR count). The highest BCUT2D eigenvalue weighted by Crippen LogP contribution is 2.22. The first kappa shape index (κ1) is 22.2. The quantitative estimate of drug-likeness (QED) is 0.684. The molecule has 1 aliphatic rings. The van der Waals surface area contributed by atoms with Crippen LogP contribution >= 0.6 is 0 Å². The molecule has 1 N–H and O–H groups in total. The van der Waals surface area contributed by atoms with Crippen LogP contribution in [-0.4, -0.2) is 50.4 Å². The summed E-state index contributed by atoms with van der Waals surface area (Å²) in [6.45, 7) is 3.19. The Morgan fingerprint density at radius 2 is 1.82 bits per heavy atom. The Bertz CT molecular complexity index is 821. The van der Waals surface area contributed by atoms with Gasteiger partial charge in [0.15, 0.2) is 18.2 Å². The van der Waals surface area contributed by atoms with Gasteiger partial charge in [-0.05, 0) is 51.3 Å². The van der Waals surface area contributed by atoms with E-state index < -0.39 is 39.1 Å². The average molecular weight is 418 g/mol. The number of halogens is 2. The minimum atomic E-state index is -4.10. The van der Waals surface area contributed by atoms with Gasteiger partial charge >= 0.3 is 5.97 Å². The van der Waals surface area contributed by atoms with Gasteiger partial charge in [0.2, 0.25) is 10.0 Å². The molecule has 7 nitrogen and oxygen atoms in total. The monoisotopic (exact) mass is 418 g/mol. The van der Waals surface area contributed by atoms with Crippen molar-refractivity contribution in [2.45, 2.75) is 56.5 Å². The Morgan fingerprint density at radius 3 is 2.43 bits per heavy atom. The fraction of sp³-hybridized carbons (Fsp3) is 0.556. The second-order valence-corrected chi connectivity index (χ2v) is 8.58. The van der Waals surface area contributed by atoms with Crippen LogP contribution in [0.1, 0.15) is 39.5 Å². The lowest BCUT2D eigenvalue weighted by Gasteiger charge is -2.38. The lowest BCUT2D eigenvalue weighted by atomic mass is 9.97. The number of piperidine rings is 1. The maximum Gasteiger partial charge on any atom is 0.307 e. The molecule has 10 heteroatoms. The van der Waals surface area contributed by atoms with Gasteiger partial charge in [0, 0.05) is 18.6 Å². The molecule has 2 unspecified atom stereocenters. The molecule has 156 valence electrons. The molecule has 0 bridgehead atoms. The van der Waals surface area contributed by atoms with Gasteiger partial charge in [-0.3, -0.25) is 9.59 Å². The number of nitrogens with one attached hydrogen (secondary N) is 1. The van der Waals surface area contributed by atoms with E-state index in [1.54, 1.807) is 4.90 Å². The van der Waals surface area contributed by atoms with Crippen LogP contribution in [0.15, 0.2) is 23.1 Å². The zero-order valence-electron chi connectivity index (χ0n) is 15.8. The van der Waals surface area contributed by atoms with Crippen molar-refractivity contribution in [2.24, 2.45) is 0 Å². The van der Waals surface area contributed by atoms with Crippen molar-refractivity contribution >= 4 is 21.9 Å². The number of hydrogen-bond acceptors (Lipinski definition) is 5. The van der Waals surface area contributed by atoms with Crippen molar-refractivity contribution in [2.75, 3.05) is 13.2 Å². The maximum atomic E-state index is 13.2. The molecule has 0 aromatic heterocycles. The molecule has 0 spiro atoms. The van der Waals surface area contributed by atoms with Crippen LogP contribution in [0, 0.1) is 11.6 Å². The minimum absolute atomic E-state index is 0.0814. The van der Waals surface area contributed by atoms with Crippen molar-refractivity contribution in [1.29, 1.82) is 0 Å². The zero-order valence-corrected chi connectivity index (χ0v) is 16.6. The summed E-state index contributed by atoms with van der Waals surface area (Å²) in [5.41, 5.74) is 0. The van der Waals surface area contributed by atoms with Crippen molar-refractivity contribution in [1.82, 2.24) is 9.62 Å². The van der Waals surface area contributed by atoms with Gasteiger partial charge in [-0.1, -0.05) is 0 Å².